The highest BCUT2D eigenvalue weighted by Gasteiger charge is 2.22. The summed E-state index contributed by atoms with van der Waals surface area (Å²) in [5, 5.41) is 7.35. The van der Waals surface area contributed by atoms with Crippen molar-refractivity contribution >= 4 is 23.4 Å². The van der Waals surface area contributed by atoms with Gasteiger partial charge in [-0.05, 0) is 29.8 Å². The third kappa shape index (κ3) is 4.14. The Hall–Kier alpha value is -3.58. The summed E-state index contributed by atoms with van der Waals surface area (Å²) in [7, 11) is 0. The van der Waals surface area contributed by atoms with Crippen LogP contribution in [0, 0.1) is 5.82 Å². The summed E-state index contributed by atoms with van der Waals surface area (Å²) in [6.45, 7) is 0. The molecule has 0 fully saturated rings. The van der Waals surface area contributed by atoms with E-state index in [0.717, 1.165) is 5.56 Å². The Kier molecular flexibility index (Phi) is 5.31. The predicted molar refractivity (Wildman–Crippen MR) is 107 cm³/mol. The predicted octanol–water partition coefficient (Wildman–Crippen LogP) is 4.77. The van der Waals surface area contributed by atoms with E-state index in [1.165, 1.54) is 12.4 Å². The van der Waals surface area contributed by atoms with Crippen molar-refractivity contribution in [3.63, 3.8) is 0 Å². The van der Waals surface area contributed by atoms with Gasteiger partial charge in [-0.3, -0.25) is 10.1 Å². The molecule has 8 heteroatoms. The molecule has 0 spiro atoms. The van der Waals surface area contributed by atoms with Crippen molar-refractivity contribution in [2.24, 2.45) is 0 Å². The van der Waals surface area contributed by atoms with Crippen LogP contribution >= 0.6 is 11.6 Å². The molecule has 0 atom stereocenters. The fourth-order valence-electron chi connectivity index (χ4n) is 2.84. The molecule has 4 rings (SSSR count). The van der Waals surface area contributed by atoms with Crippen LogP contribution in [0.1, 0.15) is 5.56 Å². The van der Waals surface area contributed by atoms with E-state index in [0.29, 0.717) is 22.0 Å². The molecule has 2 aromatic carbocycles. The summed E-state index contributed by atoms with van der Waals surface area (Å²) < 4.78 is 19.3. The molecule has 2 aromatic heterocycles. The topological polar surface area (TPSA) is 80.9 Å². The highest BCUT2D eigenvalue weighted by Crippen LogP contribution is 2.37. The monoisotopic (exact) mass is 408 g/mol. The minimum absolute atomic E-state index is 0.120. The molecule has 1 amide bonds. The number of hydrogen-bond donors (Lipinski definition) is 1. The molecule has 144 valence electrons. The van der Waals surface area contributed by atoms with E-state index in [4.69, 9.17) is 16.1 Å². The molecule has 0 saturated carbocycles. The zero-order valence-electron chi connectivity index (χ0n) is 15.0. The maximum atomic E-state index is 13.8. The zero-order chi connectivity index (χ0) is 20.2. The molecule has 0 unspecified atom stereocenters. The van der Waals surface area contributed by atoms with Gasteiger partial charge in [0.15, 0.2) is 0 Å². The van der Waals surface area contributed by atoms with E-state index in [2.05, 4.69) is 20.4 Å². The molecule has 2 heterocycles. The minimum Gasteiger partial charge on any atom is -0.337 e. The SMILES string of the molecule is O=C(Cc1ccccc1F)Nc1onc(-c2ccc(Cl)cc2)c1-c1ccncn1. The number of hydrogen-bond acceptors (Lipinski definition) is 5. The Morgan fingerprint density at radius 1 is 1.10 bits per heavy atom. The second-order valence-corrected chi connectivity index (χ2v) is 6.59. The number of halogens is 2. The number of carbonyl (C=O) groups excluding carboxylic acids is 1. The van der Waals surface area contributed by atoms with Gasteiger partial charge in [0.2, 0.25) is 11.8 Å². The molecule has 4 aromatic rings. The van der Waals surface area contributed by atoms with Crippen LogP contribution in [0.3, 0.4) is 0 Å². The highest BCUT2D eigenvalue weighted by molar-refractivity contribution is 6.30. The average molecular weight is 409 g/mol. The molecular weight excluding hydrogens is 395 g/mol. The summed E-state index contributed by atoms with van der Waals surface area (Å²) in [5.74, 6) is -0.766. The number of anilines is 1. The van der Waals surface area contributed by atoms with Crippen LogP contribution in [0.15, 0.2) is 71.6 Å². The quantitative estimate of drug-likeness (QED) is 0.514. The Morgan fingerprint density at radius 2 is 1.90 bits per heavy atom. The van der Waals surface area contributed by atoms with Crippen LogP contribution in [-0.2, 0) is 11.2 Å². The number of benzene rings is 2. The molecule has 29 heavy (non-hydrogen) atoms. The second-order valence-electron chi connectivity index (χ2n) is 6.15. The van der Waals surface area contributed by atoms with Crippen molar-refractivity contribution in [3.8, 4) is 22.5 Å². The smallest absolute Gasteiger partial charge is 0.241 e. The van der Waals surface area contributed by atoms with E-state index in [9.17, 15) is 9.18 Å². The van der Waals surface area contributed by atoms with E-state index < -0.39 is 11.7 Å². The summed E-state index contributed by atoms with van der Waals surface area (Å²) >= 11 is 5.97. The van der Waals surface area contributed by atoms with Gasteiger partial charge in [-0.15, -0.1) is 0 Å². The molecule has 6 nitrogen and oxygen atoms in total. The molecular formula is C21H14ClFN4O2. The van der Waals surface area contributed by atoms with Crippen LogP contribution in [0.5, 0.6) is 0 Å². The van der Waals surface area contributed by atoms with Gasteiger partial charge >= 0.3 is 0 Å². The van der Waals surface area contributed by atoms with Gasteiger partial charge in [0.1, 0.15) is 17.8 Å². The van der Waals surface area contributed by atoms with Crippen molar-refractivity contribution in [2.45, 2.75) is 6.42 Å². The first-order valence-corrected chi connectivity index (χ1v) is 9.05. The van der Waals surface area contributed by atoms with Crippen LogP contribution in [0.4, 0.5) is 10.3 Å². The fraction of sp³-hybridized carbons (Fsp3) is 0.0476. The molecule has 0 aliphatic heterocycles. The number of carbonyl (C=O) groups is 1. The standard InChI is InChI=1S/C21H14ClFN4O2/c22-15-7-5-13(6-8-15)20-19(17-9-10-24-12-25-17)21(29-27-20)26-18(28)11-14-3-1-2-4-16(14)23/h1-10,12H,11H2,(H,26,28). The van der Waals surface area contributed by atoms with Gasteiger partial charge in [-0.2, -0.15) is 0 Å². The lowest BCUT2D eigenvalue weighted by atomic mass is 10.0. The number of aromatic nitrogens is 3. The summed E-state index contributed by atoms with van der Waals surface area (Å²) in [6, 6.07) is 14.8. The molecule has 0 radical (unpaired) electrons. The van der Waals surface area contributed by atoms with Gasteiger partial charge in [-0.25, -0.2) is 14.4 Å². The summed E-state index contributed by atoms with van der Waals surface area (Å²) in [6.07, 6.45) is 2.82. The van der Waals surface area contributed by atoms with Gasteiger partial charge in [-0.1, -0.05) is 47.1 Å². The first-order chi connectivity index (χ1) is 14.1. The molecule has 0 bridgehead atoms. The van der Waals surface area contributed by atoms with E-state index in [-0.39, 0.29) is 17.9 Å². The molecule has 0 aliphatic rings. The lowest BCUT2D eigenvalue weighted by molar-refractivity contribution is -0.115. The van der Waals surface area contributed by atoms with Crippen molar-refractivity contribution in [2.75, 3.05) is 5.32 Å². The Bertz CT molecular complexity index is 1150. The maximum absolute atomic E-state index is 13.8. The van der Waals surface area contributed by atoms with Gasteiger partial charge in [0, 0.05) is 16.8 Å². The number of nitrogens with one attached hydrogen (secondary N) is 1. The van der Waals surface area contributed by atoms with Crippen molar-refractivity contribution in [1.82, 2.24) is 15.1 Å². The van der Waals surface area contributed by atoms with Crippen LogP contribution in [0.25, 0.3) is 22.5 Å². The van der Waals surface area contributed by atoms with Gasteiger partial charge in [0.05, 0.1) is 17.7 Å². The molecule has 0 saturated heterocycles. The van der Waals surface area contributed by atoms with Crippen LogP contribution in [-0.4, -0.2) is 21.0 Å². The number of rotatable bonds is 5. The van der Waals surface area contributed by atoms with E-state index in [1.54, 1.807) is 54.7 Å². The fourth-order valence-corrected chi connectivity index (χ4v) is 2.97. The third-order valence-electron chi connectivity index (χ3n) is 4.21. The van der Waals surface area contributed by atoms with Crippen LogP contribution in [0.2, 0.25) is 5.02 Å². The molecule has 1 N–H and O–H groups in total. The summed E-state index contributed by atoms with van der Waals surface area (Å²) in [5.41, 5.74) is 2.53. The first kappa shape index (κ1) is 18.8. The van der Waals surface area contributed by atoms with E-state index >= 15 is 0 Å². The Balaban J connectivity index is 1.69. The highest BCUT2D eigenvalue weighted by atomic mass is 35.5. The number of nitrogens with zero attached hydrogens (tertiary/aromatic N) is 3. The van der Waals surface area contributed by atoms with Crippen molar-refractivity contribution in [3.05, 3.63) is 83.5 Å². The molecule has 0 aliphatic carbocycles. The second kappa shape index (κ2) is 8.20. The lowest BCUT2D eigenvalue weighted by Gasteiger charge is -2.06. The lowest BCUT2D eigenvalue weighted by Crippen LogP contribution is -2.15. The maximum Gasteiger partial charge on any atom is 0.241 e. The Morgan fingerprint density at radius 3 is 2.62 bits per heavy atom. The van der Waals surface area contributed by atoms with Gasteiger partial charge in [0.25, 0.3) is 0 Å². The van der Waals surface area contributed by atoms with Crippen molar-refractivity contribution in [1.29, 1.82) is 0 Å². The number of amides is 1. The Labute approximate surface area is 170 Å². The van der Waals surface area contributed by atoms with Crippen LogP contribution < -0.4 is 5.32 Å². The summed E-state index contributed by atoms with van der Waals surface area (Å²) in [4.78, 5) is 20.7. The van der Waals surface area contributed by atoms with E-state index in [1.807, 2.05) is 0 Å². The minimum atomic E-state index is -0.446. The zero-order valence-corrected chi connectivity index (χ0v) is 15.7. The first-order valence-electron chi connectivity index (χ1n) is 8.67. The van der Waals surface area contributed by atoms with Gasteiger partial charge < -0.3 is 4.52 Å². The normalized spacial score (nSPS) is 10.7. The largest absolute Gasteiger partial charge is 0.337 e. The van der Waals surface area contributed by atoms with Crippen molar-refractivity contribution < 1.29 is 13.7 Å². The third-order valence-corrected chi connectivity index (χ3v) is 4.46. The average Bonchev–Trinajstić information content (AvgIpc) is 3.14.